The topological polar surface area (TPSA) is 116 Å². The number of thioether (sulfide) groups is 1. The highest BCUT2D eigenvalue weighted by molar-refractivity contribution is 8.02. The number of aromatic nitrogens is 2. The summed E-state index contributed by atoms with van der Waals surface area (Å²) in [5, 5.41) is 18.8. The lowest BCUT2D eigenvalue weighted by molar-refractivity contribution is -0.308. The Hall–Kier alpha value is -2.49. The van der Waals surface area contributed by atoms with Gasteiger partial charge in [0.1, 0.15) is 5.70 Å². The Labute approximate surface area is 211 Å². The van der Waals surface area contributed by atoms with E-state index in [0.717, 1.165) is 42.9 Å². The third kappa shape index (κ3) is 5.11. The van der Waals surface area contributed by atoms with Crippen molar-refractivity contribution >= 4 is 52.5 Å². The molecule has 1 aliphatic heterocycles. The van der Waals surface area contributed by atoms with Crippen molar-refractivity contribution in [1.82, 2.24) is 15.3 Å². The fraction of sp³-hybridized carbons (Fsp3) is 0.391. The molecule has 2 N–H and O–H groups in total. The van der Waals surface area contributed by atoms with Crippen LogP contribution in [0.4, 0.5) is 5.69 Å². The molecule has 4 rings (SSSR count). The Morgan fingerprint density at radius 3 is 2.47 bits per heavy atom. The molecule has 0 unspecified atom stereocenters. The standard InChI is InChI=1S/C23H24Cl2N4O4S/c1-34-22-19(23(33-22)7-3-2-4-8-23)29-17(21(31)32)9-13-5-6-14(10-27-13)28-20(30)18-15(24)11-26-12-16(18)25/h5-6,10-12,17,29H,2-4,7-9H2,1H3,(H,28,30)(H,31,32)/p-1/t17-/m0/s1. The number of carboxylic acid groups (broad SMARTS) is 1. The van der Waals surface area contributed by atoms with E-state index in [0.29, 0.717) is 11.4 Å². The number of rotatable bonds is 8. The zero-order valence-electron chi connectivity index (χ0n) is 18.4. The molecule has 3 heterocycles. The SMILES string of the molecule is CSC1=C(N[C@@H](Cc2ccc(NC(=O)c3c(Cl)cncc3Cl)cn2)C(=O)[O-])C2(CCCCC2)O1. The maximum Gasteiger partial charge on any atom is 0.258 e. The van der Waals surface area contributed by atoms with Crippen LogP contribution < -0.4 is 15.7 Å². The second kappa shape index (κ2) is 10.4. The first-order chi connectivity index (χ1) is 16.3. The number of nitrogens with zero attached hydrogens (tertiary/aromatic N) is 2. The Bertz CT molecular complexity index is 1100. The van der Waals surface area contributed by atoms with Crippen LogP contribution in [0.5, 0.6) is 0 Å². The van der Waals surface area contributed by atoms with Crippen LogP contribution in [-0.4, -0.2) is 39.7 Å². The molecule has 0 bridgehead atoms. The predicted molar refractivity (Wildman–Crippen MR) is 130 cm³/mol. The first-order valence-electron chi connectivity index (χ1n) is 10.8. The second-order valence-corrected chi connectivity index (χ2v) is 9.81. The number of amides is 1. The molecule has 1 spiro atoms. The minimum atomic E-state index is -1.22. The van der Waals surface area contributed by atoms with Crippen LogP contribution in [0.1, 0.15) is 48.2 Å². The summed E-state index contributed by atoms with van der Waals surface area (Å²) in [6, 6.07) is 2.32. The number of carbonyl (C=O) groups excluding carboxylic acids is 2. The molecule has 1 aliphatic carbocycles. The molecule has 2 aromatic heterocycles. The molecule has 11 heteroatoms. The highest BCUT2D eigenvalue weighted by Gasteiger charge is 2.49. The quantitative estimate of drug-likeness (QED) is 0.541. The number of hydrogen-bond acceptors (Lipinski definition) is 8. The number of nitrogens with one attached hydrogen (secondary N) is 2. The van der Waals surface area contributed by atoms with Gasteiger partial charge in [-0.2, -0.15) is 0 Å². The van der Waals surface area contributed by atoms with E-state index in [1.807, 2.05) is 6.26 Å². The van der Waals surface area contributed by atoms with Crippen molar-refractivity contribution in [2.24, 2.45) is 0 Å². The zero-order valence-corrected chi connectivity index (χ0v) is 20.7. The Morgan fingerprint density at radius 1 is 1.18 bits per heavy atom. The van der Waals surface area contributed by atoms with Gasteiger partial charge in [0.15, 0.2) is 10.7 Å². The predicted octanol–water partition coefficient (Wildman–Crippen LogP) is 3.55. The third-order valence-electron chi connectivity index (χ3n) is 5.97. The molecule has 2 aromatic rings. The number of aliphatic carboxylic acids is 1. The summed E-state index contributed by atoms with van der Waals surface area (Å²) in [4.78, 5) is 32.6. The van der Waals surface area contributed by atoms with Gasteiger partial charge in [-0.3, -0.25) is 14.8 Å². The lowest BCUT2D eigenvalue weighted by atomic mass is 9.80. The van der Waals surface area contributed by atoms with Crippen LogP contribution in [-0.2, 0) is 16.0 Å². The Balaban J connectivity index is 1.44. The molecule has 1 fully saturated rings. The first kappa shape index (κ1) is 24.6. The summed E-state index contributed by atoms with van der Waals surface area (Å²) in [6.45, 7) is 0. The fourth-order valence-electron chi connectivity index (χ4n) is 4.25. The smallest absolute Gasteiger partial charge is 0.258 e. The van der Waals surface area contributed by atoms with E-state index in [-0.39, 0.29) is 22.0 Å². The van der Waals surface area contributed by atoms with E-state index in [2.05, 4.69) is 20.6 Å². The number of ether oxygens (including phenoxy) is 1. The zero-order chi connectivity index (χ0) is 24.3. The monoisotopic (exact) mass is 521 g/mol. The summed E-state index contributed by atoms with van der Waals surface area (Å²) in [5.74, 6) is -1.72. The van der Waals surface area contributed by atoms with Crippen LogP contribution in [0, 0.1) is 0 Å². The molecule has 0 radical (unpaired) electrons. The molecular weight excluding hydrogens is 499 g/mol. The van der Waals surface area contributed by atoms with Gasteiger partial charge in [-0.15, -0.1) is 0 Å². The average Bonchev–Trinajstić information content (AvgIpc) is 2.81. The average molecular weight is 522 g/mol. The molecule has 34 heavy (non-hydrogen) atoms. The maximum absolute atomic E-state index is 12.5. The number of carboxylic acids is 1. The molecule has 0 saturated heterocycles. The summed E-state index contributed by atoms with van der Waals surface area (Å²) < 4.78 is 6.05. The molecule has 8 nitrogen and oxygen atoms in total. The van der Waals surface area contributed by atoms with Crippen molar-refractivity contribution in [3.05, 3.63) is 62.8 Å². The van der Waals surface area contributed by atoms with Gasteiger partial charge in [0.2, 0.25) is 0 Å². The van der Waals surface area contributed by atoms with Crippen LogP contribution in [0.25, 0.3) is 0 Å². The molecule has 1 amide bonds. The number of pyridine rings is 2. The van der Waals surface area contributed by atoms with E-state index in [1.165, 1.54) is 30.4 Å². The van der Waals surface area contributed by atoms with Gasteiger partial charge in [-0.25, -0.2) is 0 Å². The van der Waals surface area contributed by atoms with Crippen LogP contribution >= 0.6 is 35.0 Å². The van der Waals surface area contributed by atoms with Crippen molar-refractivity contribution in [3.8, 4) is 0 Å². The van der Waals surface area contributed by atoms with Crippen LogP contribution in [0.15, 0.2) is 41.5 Å². The third-order valence-corrected chi connectivity index (χ3v) is 7.21. The van der Waals surface area contributed by atoms with E-state index in [1.54, 1.807) is 12.1 Å². The minimum Gasteiger partial charge on any atom is -0.548 e. The van der Waals surface area contributed by atoms with Gasteiger partial charge in [0.25, 0.3) is 5.91 Å². The molecule has 2 aliphatic rings. The molecule has 1 atom stereocenters. The van der Waals surface area contributed by atoms with Crippen LogP contribution in [0.2, 0.25) is 10.0 Å². The van der Waals surface area contributed by atoms with Gasteiger partial charge in [-0.05, 0) is 44.1 Å². The van der Waals surface area contributed by atoms with Crippen molar-refractivity contribution in [2.45, 2.75) is 50.2 Å². The number of hydrogen-bond donors (Lipinski definition) is 2. The summed E-state index contributed by atoms with van der Waals surface area (Å²) in [7, 11) is 0. The lowest BCUT2D eigenvalue weighted by Gasteiger charge is -2.48. The van der Waals surface area contributed by atoms with E-state index < -0.39 is 23.5 Å². The van der Waals surface area contributed by atoms with Crippen molar-refractivity contribution in [3.63, 3.8) is 0 Å². The van der Waals surface area contributed by atoms with Crippen molar-refractivity contribution in [2.75, 3.05) is 11.6 Å². The van der Waals surface area contributed by atoms with Gasteiger partial charge < -0.3 is 25.3 Å². The molecule has 180 valence electrons. The second-order valence-electron chi connectivity index (χ2n) is 8.21. The summed E-state index contributed by atoms with van der Waals surface area (Å²) in [5.41, 5.74) is 1.49. The van der Waals surface area contributed by atoms with Gasteiger partial charge >= 0.3 is 0 Å². The molecule has 0 aromatic carbocycles. The first-order valence-corrected chi connectivity index (χ1v) is 12.8. The van der Waals surface area contributed by atoms with E-state index >= 15 is 0 Å². The van der Waals surface area contributed by atoms with E-state index in [9.17, 15) is 14.7 Å². The largest absolute Gasteiger partial charge is 0.548 e. The van der Waals surface area contributed by atoms with Gasteiger partial charge in [-0.1, -0.05) is 41.4 Å². The normalized spacial score (nSPS) is 17.5. The Morgan fingerprint density at radius 2 is 1.88 bits per heavy atom. The summed E-state index contributed by atoms with van der Waals surface area (Å²) in [6.07, 6.45) is 11.1. The van der Waals surface area contributed by atoms with Crippen molar-refractivity contribution in [1.29, 1.82) is 0 Å². The van der Waals surface area contributed by atoms with Gasteiger partial charge in [0.05, 0.1) is 39.5 Å². The molecule has 1 saturated carbocycles. The maximum atomic E-state index is 12.5. The lowest BCUT2D eigenvalue weighted by Crippen LogP contribution is -2.56. The van der Waals surface area contributed by atoms with E-state index in [4.69, 9.17) is 27.9 Å². The van der Waals surface area contributed by atoms with Gasteiger partial charge in [0, 0.05) is 24.5 Å². The molecular formula is C23H23Cl2N4O4S-. The number of halogens is 2. The Kier molecular flexibility index (Phi) is 7.54. The van der Waals surface area contributed by atoms with Crippen LogP contribution in [0.3, 0.4) is 0 Å². The number of anilines is 1. The highest BCUT2D eigenvalue weighted by Crippen LogP contribution is 2.49. The summed E-state index contributed by atoms with van der Waals surface area (Å²) >= 11 is 13.5. The van der Waals surface area contributed by atoms with Crippen molar-refractivity contribution < 1.29 is 19.4 Å². The highest BCUT2D eigenvalue weighted by atomic mass is 35.5. The fourth-order valence-corrected chi connectivity index (χ4v) is 5.47. The minimum absolute atomic E-state index is 0.111. The number of carbonyl (C=O) groups is 2.